The van der Waals surface area contributed by atoms with Crippen molar-refractivity contribution in [2.24, 2.45) is 0 Å². The molecule has 0 aliphatic rings. The Bertz CT molecular complexity index is 3190. The van der Waals surface area contributed by atoms with Gasteiger partial charge in [-0.3, -0.25) is 0 Å². The molecule has 0 amide bonds. The van der Waals surface area contributed by atoms with Gasteiger partial charge in [-0.1, -0.05) is 79.4 Å². The van der Waals surface area contributed by atoms with E-state index in [1.165, 1.54) is 48.8 Å². The van der Waals surface area contributed by atoms with Crippen LogP contribution in [0.15, 0.2) is 156 Å². The molecule has 9 rings (SSSR count). The number of nitrogens with zero attached hydrogens (tertiary/aromatic N) is 3. The van der Waals surface area contributed by atoms with E-state index in [1.807, 2.05) is 56.3 Å². The van der Waals surface area contributed by atoms with E-state index < -0.39 is 48.8 Å². The molecule has 290 valence electrons. The molecule has 0 atom stereocenters. The van der Waals surface area contributed by atoms with Gasteiger partial charge in [0, 0.05) is 41.0 Å². The summed E-state index contributed by atoms with van der Waals surface area (Å²) in [7, 11) is 0. The number of rotatable bonds is 12. The molecule has 0 aliphatic carbocycles. The van der Waals surface area contributed by atoms with Crippen molar-refractivity contribution < 1.29 is 42.6 Å². The molecule has 0 spiro atoms. The Morgan fingerprint density at radius 2 is 1.22 bits per heavy atom. The summed E-state index contributed by atoms with van der Waals surface area (Å²) in [6.07, 6.45) is -6.61. The fourth-order valence-electron chi connectivity index (χ4n) is 6.92. The fourth-order valence-corrected chi connectivity index (χ4v) is 6.92. The summed E-state index contributed by atoms with van der Waals surface area (Å²) < 4.78 is 112. The number of aryl methyl sites for hydroxylation is 4. The Hall–Kier alpha value is -6.07. The van der Waals surface area contributed by atoms with Crippen LogP contribution in [0.3, 0.4) is 0 Å². The molecule has 59 heavy (non-hydrogen) atoms. The van der Waals surface area contributed by atoms with Gasteiger partial charge in [0.2, 0.25) is 0 Å². The first-order valence-electron chi connectivity index (χ1n) is 23.7. The van der Waals surface area contributed by atoms with Gasteiger partial charge in [-0.05, 0) is 99.9 Å². The number of furan rings is 1. The summed E-state index contributed by atoms with van der Waals surface area (Å²) in [6.45, 7) is 3.86. The first-order chi connectivity index (χ1) is 32.2. The Labute approximate surface area is 372 Å². The number of hydrogen-bond acceptors (Lipinski definition) is 4. The van der Waals surface area contributed by atoms with Crippen molar-refractivity contribution in [3.8, 4) is 33.8 Å². The van der Waals surface area contributed by atoms with Crippen LogP contribution >= 0.6 is 0 Å². The van der Waals surface area contributed by atoms with Gasteiger partial charge in [-0.15, -0.1) is 90.0 Å². The van der Waals surface area contributed by atoms with Crippen molar-refractivity contribution in [3.63, 3.8) is 0 Å². The topological polar surface area (TPSA) is 51.8 Å². The normalized spacial score (nSPS) is 15.0. The van der Waals surface area contributed by atoms with Crippen molar-refractivity contribution in [2.75, 3.05) is 0 Å². The first kappa shape index (κ1) is 29.2. The van der Waals surface area contributed by atoms with E-state index in [-0.39, 0.29) is 54.4 Å². The largest absolute Gasteiger partial charge is 3.00 e. The number of pyridine rings is 3. The SMILES string of the molecule is [2H]c1cc2c(oc3c(-c4ccc(C(C)(C)Cc5cc(C([2H])([2H])C([2H])([2H])c6ccc(-c7[c-]cccc7)nc6)cc(C([2H])([2H])C([2H])([2H])c6ccc(-c7[c-]cccc7)nc6)c5)cn4)[c-]ccc32)c([2H])c1F.[Ir+3]. The smallest absolute Gasteiger partial charge is 0.500 e. The predicted octanol–water partition coefficient (Wildman–Crippen LogP) is 12.4. The van der Waals surface area contributed by atoms with E-state index in [2.05, 4.69) is 28.2 Å². The molecule has 0 radical (unpaired) electrons. The molecule has 0 bridgehead atoms. The molecule has 0 saturated carbocycles. The summed E-state index contributed by atoms with van der Waals surface area (Å²) >= 11 is 0. The number of hydrogen-bond donors (Lipinski definition) is 0. The third kappa shape index (κ3) is 9.00. The maximum Gasteiger partial charge on any atom is 3.00 e. The van der Waals surface area contributed by atoms with E-state index in [4.69, 9.17) is 12.1 Å². The van der Waals surface area contributed by atoms with Gasteiger partial charge in [-0.2, -0.15) is 0 Å². The average Bonchev–Trinajstić information content (AvgIpc) is 3.72. The molecule has 0 fully saturated rings. The van der Waals surface area contributed by atoms with E-state index >= 15 is 0 Å². The number of benzene rings is 5. The van der Waals surface area contributed by atoms with Crippen LogP contribution in [0.1, 0.15) is 60.9 Å². The molecule has 4 aromatic heterocycles. The van der Waals surface area contributed by atoms with Crippen molar-refractivity contribution >= 4 is 21.9 Å². The van der Waals surface area contributed by atoms with Crippen LogP contribution in [0, 0.1) is 24.0 Å². The molecule has 0 saturated heterocycles. The molecule has 6 heteroatoms. The number of halogens is 1. The minimum Gasteiger partial charge on any atom is -0.500 e. The molecule has 9 aromatic rings. The third-order valence-corrected chi connectivity index (χ3v) is 9.89. The monoisotopic (exact) mass is 957 g/mol. The maximum absolute atomic E-state index is 14.5. The zero-order valence-corrected chi connectivity index (χ0v) is 34.3. The Kier molecular flexibility index (Phi) is 8.62. The van der Waals surface area contributed by atoms with Crippen molar-refractivity contribution in [1.82, 2.24) is 15.0 Å². The van der Waals surface area contributed by atoms with Crippen molar-refractivity contribution in [2.45, 2.75) is 51.2 Å². The van der Waals surface area contributed by atoms with E-state index in [0.29, 0.717) is 55.7 Å². The molecule has 5 aromatic carbocycles. The molecule has 4 heterocycles. The van der Waals surface area contributed by atoms with E-state index in [9.17, 15) is 15.4 Å². The van der Waals surface area contributed by atoms with Crippen LogP contribution in [0.25, 0.3) is 55.7 Å². The van der Waals surface area contributed by atoms with Gasteiger partial charge in [0.15, 0.2) is 0 Å². The molecule has 4 nitrogen and oxygen atoms in total. The van der Waals surface area contributed by atoms with Gasteiger partial charge in [0.1, 0.15) is 11.4 Å². The van der Waals surface area contributed by atoms with Crippen LogP contribution in [0.4, 0.5) is 4.39 Å². The van der Waals surface area contributed by atoms with E-state index in [1.54, 1.807) is 48.7 Å². The van der Waals surface area contributed by atoms with Gasteiger partial charge >= 0.3 is 20.1 Å². The molecule has 0 N–H and O–H groups in total. The molecule has 0 aliphatic heterocycles. The Morgan fingerprint density at radius 3 is 1.78 bits per heavy atom. The minimum atomic E-state index is -2.80. The van der Waals surface area contributed by atoms with Gasteiger partial charge in [-0.25, -0.2) is 4.39 Å². The van der Waals surface area contributed by atoms with Gasteiger partial charge < -0.3 is 19.4 Å². The Balaban J connectivity index is 0.00000642. The molecular weight excluding hydrogens is 906 g/mol. The number of fused-ring (bicyclic) bond motifs is 3. The van der Waals surface area contributed by atoms with Crippen LogP contribution in [-0.4, -0.2) is 15.0 Å². The number of aromatic nitrogens is 3. The predicted molar refractivity (Wildman–Crippen MR) is 231 cm³/mol. The van der Waals surface area contributed by atoms with Gasteiger partial charge in [0.25, 0.3) is 0 Å². The second kappa shape index (κ2) is 17.4. The van der Waals surface area contributed by atoms with Crippen molar-refractivity contribution in [3.05, 3.63) is 209 Å². The summed E-state index contributed by atoms with van der Waals surface area (Å²) in [5, 5.41) is 0.998. The van der Waals surface area contributed by atoms with Crippen LogP contribution in [0.5, 0.6) is 0 Å². The maximum atomic E-state index is 14.5. The van der Waals surface area contributed by atoms with Crippen LogP contribution in [-0.2, 0) is 57.4 Å². The molecule has 0 unspecified atom stereocenters. The summed E-state index contributed by atoms with van der Waals surface area (Å²) in [6, 6.07) is 41.4. The second-order valence-electron chi connectivity index (χ2n) is 14.5. The fraction of sp³-hybridized carbons (Fsp3) is 0.151. The van der Waals surface area contributed by atoms with Crippen LogP contribution < -0.4 is 0 Å². The average molecular weight is 957 g/mol. The quantitative estimate of drug-likeness (QED) is 0.115. The molecular formula is C53H41FIrN3O. The van der Waals surface area contributed by atoms with Crippen molar-refractivity contribution in [1.29, 1.82) is 0 Å². The second-order valence-corrected chi connectivity index (χ2v) is 14.5. The van der Waals surface area contributed by atoms with E-state index in [0.717, 1.165) is 5.56 Å². The summed E-state index contributed by atoms with van der Waals surface area (Å²) in [4.78, 5) is 13.6. The third-order valence-electron chi connectivity index (χ3n) is 9.89. The zero-order chi connectivity index (χ0) is 48.4. The van der Waals surface area contributed by atoms with Gasteiger partial charge in [0.05, 0.1) is 8.32 Å². The Morgan fingerprint density at radius 1 is 0.627 bits per heavy atom. The first-order valence-corrected chi connectivity index (χ1v) is 18.7. The minimum absolute atomic E-state index is 0. The zero-order valence-electron chi connectivity index (χ0n) is 41.9. The summed E-state index contributed by atoms with van der Waals surface area (Å²) in [5.41, 5.74) is 3.56. The van der Waals surface area contributed by atoms with Crippen LogP contribution in [0.2, 0.25) is 0 Å². The standard InChI is InChI=1S/C53H41FN3O.Ir/c1-53(2,43-22-27-50(57-35-43)47-15-9-14-46-45-24-23-44(54)31-51(45)58-52(46)47)32-40-29-38(18-16-36-20-25-48(55-33-36)41-10-5-3-6-11-41)28-39(30-40)19-17-37-21-26-49(56-34-37)42-12-7-4-8-13-42;/h3-10,12,14,20-31,33-35H,16-19,32H2,1-2H3;/q-3;+3/i16D2,17D2,18D2,19D2,23D,31D;. The summed E-state index contributed by atoms with van der Waals surface area (Å²) in [5.74, 6) is -0.982.